The number of sulfonamides is 2. The van der Waals surface area contributed by atoms with Crippen LogP contribution in [0.2, 0.25) is 0 Å². The molecule has 7 nitrogen and oxygen atoms in total. The summed E-state index contributed by atoms with van der Waals surface area (Å²) in [4.78, 5) is 0.0271. The lowest BCUT2D eigenvalue weighted by Gasteiger charge is -2.26. The third-order valence-corrected chi connectivity index (χ3v) is 7.60. The number of nitrogens with one attached hydrogen (secondary N) is 1. The zero-order valence-electron chi connectivity index (χ0n) is 14.6. The Bertz CT molecular complexity index is 1030. The Kier molecular flexibility index (Phi) is 5.52. The van der Waals surface area contributed by atoms with E-state index in [0.717, 1.165) is 12.1 Å². The molecule has 0 radical (unpaired) electrons. The highest BCUT2D eigenvalue weighted by Crippen LogP contribution is 2.23. The predicted molar refractivity (Wildman–Crippen MR) is 98.0 cm³/mol. The van der Waals surface area contributed by atoms with Crippen LogP contribution in [0.5, 0.6) is 0 Å². The van der Waals surface area contributed by atoms with Crippen molar-refractivity contribution in [1.29, 1.82) is 0 Å². The number of hydrogen-bond acceptors (Lipinski definition) is 5. The van der Waals surface area contributed by atoms with E-state index in [1.165, 1.54) is 41.6 Å². The first-order valence-corrected chi connectivity index (χ1v) is 11.1. The van der Waals surface area contributed by atoms with Gasteiger partial charge in [0.05, 0.1) is 23.0 Å². The number of ether oxygens (including phenoxy) is 1. The highest BCUT2D eigenvalue weighted by atomic mass is 32.2. The van der Waals surface area contributed by atoms with Crippen molar-refractivity contribution >= 4 is 25.7 Å². The van der Waals surface area contributed by atoms with Gasteiger partial charge in [-0.25, -0.2) is 21.2 Å². The maximum absolute atomic E-state index is 13.2. The quantitative estimate of drug-likeness (QED) is 0.807. The lowest BCUT2D eigenvalue weighted by Crippen LogP contribution is -2.40. The zero-order valence-corrected chi connectivity index (χ0v) is 16.2. The molecule has 0 unspecified atom stereocenters. The minimum atomic E-state index is -3.92. The van der Waals surface area contributed by atoms with Crippen molar-refractivity contribution in [2.45, 2.75) is 16.7 Å². The van der Waals surface area contributed by atoms with Crippen LogP contribution >= 0.6 is 0 Å². The van der Waals surface area contributed by atoms with E-state index < -0.39 is 25.9 Å². The van der Waals surface area contributed by atoms with Crippen molar-refractivity contribution in [3.05, 3.63) is 53.8 Å². The average molecular weight is 414 g/mol. The van der Waals surface area contributed by atoms with Crippen LogP contribution in [0.25, 0.3) is 0 Å². The molecular weight excluding hydrogens is 395 g/mol. The summed E-state index contributed by atoms with van der Waals surface area (Å²) in [6.45, 7) is 2.74. The van der Waals surface area contributed by atoms with Crippen LogP contribution < -0.4 is 4.72 Å². The molecular formula is C17H19FN2O5S2. The van der Waals surface area contributed by atoms with Gasteiger partial charge in [-0.05, 0) is 55.0 Å². The molecule has 2 aromatic rings. The predicted octanol–water partition coefficient (Wildman–Crippen LogP) is 1.96. The summed E-state index contributed by atoms with van der Waals surface area (Å²) in [5, 5.41) is 0. The van der Waals surface area contributed by atoms with Crippen LogP contribution in [0.3, 0.4) is 0 Å². The van der Waals surface area contributed by atoms with Crippen molar-refractivity contribution in [3.63, 3.8) is 0 Å². The SMILES string of the molecule is Cc1cc(F)ccc1S(=O)(=O)Nc1ccc(S(=O)(=O)N2CCOCC2)cc1. The van der Waals surface area contributed by atoms with Crippen LogP contribution in [0, 0.1) is 12.7 Å². The number of morpholine rings is 1. The number of rotatable bonds is 5. The van der Waals surface area contributed by atoms with Crippen LogP contribution in [0.15, 0.2) is 52.3 Å². The van der Waals surface area contributed by atoms with E-state index in [2.05, 4.69) is 4.72 Å². The molecule has 0 amide bonds. The molecule has 3 rings (SSSR count). The van der Waals surface area contributed by atoms with E-state index >= 15 is 0 Å². The van der Waals surface area contributed by atoms with Crippen LogP contribution in [-0.2, 0) is 24.8 Å². The largest absolute Gasteiger partial charge is 0.379 e. The summed E-state index contributed by atoms with van der Waals surface area (Å²) < 4.78 is 72.2. The summed E-state index contributed by atoms with van der Waals surface area (Å²) in [5.74, 6) is -0.524. The van der Waals surface area contributed by atoms with Crippen LogP contribution in [0.4, 0.5) is 10.1 Å². The minimum Gasteiger partial charge on any atom is -0.379 e. The van der Waals surface area contributed by atoms with E-state index in [-0.39, 0.29) is 34.1 Å². The van der Waals surface area contributed by atoms with E-state index in [1.807, 2.05) is 0 Å². The van der Waals surface area contributed by atoms with E-state index in [4.69, 9.17) is 4.74 Å². The Labute approximate surface area is 157 Å². The first kappa shape index (κ1) is 19.7. The van der Waals surface area contributed by atoms with Gasteiger partial charge in [0.25, 0.3) is 10.0 Å². The molecule has 1 aliphatic rings. The van der Waals surface area contributed by atoms with Gasteiger partial charge in [-0.1, -0.05) is 0 Å². The standard InChI is InChI=1S/C17H19FN2O5S2/c1-13-12-14(18)2-7-17(13)26(21,22)19-15-3-5-16(6-4-15)27(23,24)20-8-10-25-11-9-20/h2-7,12,19H,8-11H2,1H3. The number of aryl methyl sites for hydroxylation is 1. The van der Waals surface area contributed by atoms with Crippen LogP contribution in [-0.4, -0.2) is 47.4 Å². The molecule has 2 aromatic carbocycles. The second kappa shape index (κ2) is 7.55. The Balaban J connectivity index is 1.81. The Morgan fingerprint density at radius 3 is 2.22 bits per heavy atom. The molecule has 0 spiro atoms. The molecule has 1 fully saturated rings. The molecule has 1 saturated heterocycles. The summed E-state index contributed by atoms with van der Waals surface area (Å²) in [6, 6.07) is 8.84. The summed E-state index contributed by atoms with van der Waals surface area (Å²) in [7, 11) is -7.57. The van der Waals surface area contributed by atoms with Gasteiger partial charge in [0.15, 0.2) is 0 Å². The van der Waals surface area contributed by atoms with Gasteiger partial charge in [-0.3, -0.25) is 4.72 Å². The van der Waals surface area contributed by atoms with Gasteiger partial charge >= 0.3 is 0 Å². The normalized spacial score (nSPS) is 16.2. The highest BCUT2D eigenvalue weighted by Gasteiger charge is 2.26. The van der Waals surface area contributed by atoms with Gasteiger partial charge in [0.1, 0.15) is 5.82 Å². The third kappa shape index (κ3) is 4.29. The van der Waals surface area contributed by atoms with E-state index in [0.29, 0.717) is 13.2 Å². The van der Waals surface area contributed by atoms with Crippen molar-refractivity contribution in [1.82, 2.24) is 4.31 Å². The molecule has 1 heterocycles. The van der Waals surface area contributed by atoms with Gasteiger partial charge in [-0.2, -0.15) is 4.31 Å². The fourth-order valence-electron chi connectivity index (χ4n) is 2.76. The smallest absolute Gasteiger partial charge is 0.262 e. The molecule has 1 aliphatic heterocycles. The number of benzene rings is 2. The maximum Gasteiger partial charge on any atom is 0.262 e. The Morgan fingerprint density at radius 1 is 1.00 bits per heavy atom. The third-order valence-electron chi connectivity index (χ3n) is 4.14. The fraction of sp³-hybridized carbons (Fsp3) is 0.294. The number of anilines is 1. The Hall–Kier alpha value is -2.01. The van der Waals surface area contributed by atoms with Crippen molar-refractivity contribution in [2.75, 3.05) is 31.0 Å². The average Bonchev–Trinajstić information content (AvgIpc) is 2.62. The second-order valence-electron chi connectivity index (χ2n) is 6.06. The molecule has 0 saturated carbocycles. The summed E-state index contributed by atoms with van der Waals surface area (Å²) >= 11 is 0. The molecule has 0 atom stereocenters. The summed E-state index contributed by atoms with van der Waals surface area (Å²) in [5.41, 5.74) is 0.480. The molecule has 10 heteroatoms. The van der Waals surface area contributed by atoms with Crippen LogP contribution in [0.1, 0.15) is 5.56 Å². The number of hydrogen-bond donors (Lipinski definition) is 1. The fourth-order valence-corrected chi connectivity index (χ4v) is 5.45. The molecule has 0 aromatic heterocycles. The lowest BCUT2D eigenvalue weighted by atomic mass is 10.2. The number of nitrogens with zero attached hydrogens (tertiary/aromatic N) is 1. The summed E-state index contributed by atoms with van der Waals surface area (Å²) in [6.07, 6.45) is 0. The first-order chi connectivity index (χ1) is 12.7. The highest BCUT2D eigenvalue weighted by molar-refractivity contribution is 7.92. The van der Waals surface area contributed by atoms with E-state index in [1.54, 1.807) is 0 Å². The van der Waals surface area contributed by atoms with Gasteiger partial charge < -0.3 is 4.74 Å². The second-order valence-corrected chi connectivity index (χ2v) is 9.64. The van der Waals surface area contributed by atoms with Gasteiger partial charge in [-0.15, -0.1) is 0 Å². The monoisotopic (exact) mass is 414 g/mol. The topological polar surface area (TPSA) is 92.8 Å². The van der Waals surface area contributed by atoms with E-state index in [9.17, 15) is 21.2 Å². The zero-order chi connectivity index (χ0) is 19.7. The van der Waals surface area contributed by atoms with Crippen molar-refractivity contribution in [2.24, 2.45) is 0 Å². The molecule has 0 aliphatic carbocycles. The number of halogens is 1. The van der Waals surface area contributed by atoms with Crippen molar-refractivity contribution < 1.29 is 26.0 Å². The van der Waals surface area contributed by atoms with Crippen molar-refractivity contribution in [3.8, 4) is 0 Å². The molecule has 1 N–H and O–H groups in total. The Morgan fingerprint density at radius 2 is 1.63 bits per heavy atom. The van der Waals surface area contributed by atoms with Gasteiger partial charge in [0, 0.05) is 18.8 Å². The molecule has 146 valence electrons. The molecule has 0 bridgehead atoms. The first-order valence-electron chi connectivity index (χ1n) is 8.17. The minimum absolute atomic E-state index is 0.0473. The maximum atomic E-state index is 13.2. The lowest BCUT2D eigenvalue weighted by molar-refractivity contribution is 0.0730. The van der Waals surface area contributed by atoms with Gasteiger partial charge in [0.2, 0.25) is 10.0 Å². The molecule has 27 heavy (non-hydrogen) atoms.